The number of hydrogen-bond acceptors (Lipinski definition) is 2. The Kier molecular flexibility index (Phi) is 4.59. The van der Waals surface area contributed by atoms with Crippen LogP contribution in [0.5, 0.6) is 0 Å². The molecule has 0 saturated heterocycles. The first kappa shape index (κ1) is 14.1. The summed E-state index contributed by atoms with van der Waals surface area (Å²) in [5.74, 6) is 0. The summed E-state index contributed by atoms with van der Waals surface area (Å²) in [5, 5.41) is 11.2. The van der Waals surface area contributed by atoms with Crippen molar-refractivity contribution >= 4 is 11.6 Å². The first-order valence-electron chi connectivity index (χ1n) is 6.24. The first-order chi connectivity index (χ1) is 9.09. The molecule has 100 valence electrons. The van der Waals surface area contributed by atoms with E-state index in [1.165, 1.54) is 0 Å². The quantitative estimate of drug-likeness (QED) is 0.923. The van der Waals surface area contributed by atoms with Crippen molar-refractivity contribution in [2.45, 2.75) is 12.6 Å². The molecule has 0 aliphatic rings. The van der Waals surface area contributed by atoms with Crippen molar-refractivity contribution in [1.29, 1.82) is 0 Å². The third-order valence-corrected chi connectivity index (χ3v) is 3.39. The standard InChI is InChI=1S/C16H18ClNO/c1-18(2)11-14-13(9-6-10-15(14)17)16(19)12-7-4-3-5-8-12/h3-10,16,19H,11H2,1-2H3. The fourth-order valence-corrected chi connectivity index (χ4v) is 2.37. The van der Waals surface area contributed by atoms with Gasteiger partial charge in [-0.25, -0.2) is 0 Å². The van der Waals surface area contributed by atoms with Crippen molar-refractivity contribution in [1.82, 2.24) is 4.90 Å². The normalized spacial score (nSPS) is 12.7. The maximum Gasteiger partial charge on any atom is 0.104 e. The smallest absolute Gasteiger partial charge is 0.104 e. The summed E-state index contributed by atoms with van der Waals surface area (Å²) >= 11 is 6.27. The van der Waals surface area contributed by atoms with Crippen LogP contribution >= 0.6 is 11.6 Å². The SMILES string of the molecule is CN(C)Cc1c(Cl)cccc1C(O)c1ccccc1. The number of hydrogen-bond donors (Lipinski definition) is 1. The lowest BCUT2D eigenvalue weighted by atomic mass is 9.96. The molecule has 0 bridgehead atoms. The lowest BCUT2D eigenvalue weighted by Crippen LogP contribution is -2.14. The second-order valence-electron chi connectivity index (χ2n) is 4.86. The van der Waals surface area contributed by atoms with Gasteiger partial charge in [0.2, 0.25) is 0 Å². The van der Waals surface area contributed by atoms with Gasteiger partial charge in [-0.1, -0.05) is 54.1 Å². The van der Waals surface area contributed by atoms with E-state index in [9.17, 15) is 5.11 Å². The molecule has 2 nitrogen and oxygen atoms in total. The van der Waals surface area contributed by atoms with Gasteiger partial charge in [0.1, 0.15) is 6.10 Å². The summed E-state index contributed by atoms with van der Waals surface area (Å²) < 4.78 is 0. The molecule has 0 aromatic heterocycles. The summed E-state index contributed by atoms with van der Waals surface area (Å²) in [4.78, 5) is 2.04. The molecule has 0 saturated carbocycles. The van der Waals surface area contributed by atoms with E-state index in [-0.39, 0.29) is 0 Å². The molecular formula is C16H18ClNO. The van der Waals surface area contributed by atoms with Crippen LogP contribution in [-0.4, -0.2) is 24.1 Å². The second-order valence-corrected chi connectivity index (χ2v) is 5.27. The molecule has 0 heterocycles. The van der Waals surface area contributed by atoms with Gasteiger partial charge in [0.15, 0.2) is 0 Å². The molecule has 0 amide bonds. The summed E-state index contributed by atoms with van der Waals surface area (Å²) in [6.07, 6.45) is -0.644. The fraction of sp³-hybridized carbons (Fsp3) is 0.250. The molecule has 1 unspecified atom stereocenters. The van der Waals surface area contributed by atoms with Gasteiger partial charge in [0.05, 0.1) is 0 Å². The predicted molar refractivity (Wildman–Crippen MR) is 79.3 cm³/mol. The van der Waals surface area contributed by atoms with Gasteiger partial charge in [-0.3, -0.25) is 0 Å². The molecule has 2 aromatic rings. The molecule has 3 heteroatoms. The maximum atomic E-state index is 10.5. The van der Waals surface area contributed by atoms with Crippen LogP contribution in [-0.2, 0) is 6.54 Å². The van der Waals surface area contributed by atoms with E-state index >= 15 is 0 Å². The number of rotatable bonds is 4. The Bertz CT molecular complexity index is 540. The summed E-state index contributed by atoms with van der Waals surface area (Å²) in [7, 11) is 3.98. The van der Waals surface area contributed by atoms with Crippen molar-refractivity contribution in [3.63, 3.8) is 0 Å². The molecule has 0 spiro atoms. The van der Waals surface area contributed by atoms with Crippen molar-refractivity contribution in [3.05, 3.63) is 70.2 Å². The van der Waals surface area contributed by atoms with Crippen molar-refractivity contribution < 1.29 is 5.11 Å². The van der Waals surface area contributed by atoms with Crippen molar-refractivity contribution in [2.24, 2.45) is 0 Å². The highest BCUT2D eigenvalue weighted by Gasteiger charge is 2.16. The Balaban J connectivity index is 2.41. The molecule has 0 aliphatic heterocycles. The van der Waals surface area contributed by atoms with Crippen LogP contribution in [0.2, 0.25) is 5.02 Å². The molecule has 1 atom stereocenters. The molecule has 0 fully saturated rings. The Morgan fingerprint density at radius 3 is 2.37 bits per heavy atom. The van der Waals surface area contributed by atoms with E-state index in [2.05, 4.69) is 0 Å². The van der Waals surface area contributed by atoms with Crippen LogP contribution in [0.1, 0.15) is 22.8 Å². The van der Waals surface area contributed by atoms with Gasteiger partial charge < -0.3 is 10.0 Å². The van der Waals surface area contributed by atoms with Crippen LogP contribution in [0.25, 0.3) is 0 Å². The molecule has 1 N–H and O–H groups in total. The minimum Gasteiger partial charge on any atom is -0.384 e. The van der Waals surface area contributed by atoms with Gasteiger partial charge in [-0.2, -0.15) is 0 Å². The van der Waals surface area contributed by atoms with E-state index in [0.29, 0.717) is 11.6 Å². The zero-order valence-electron chi connectivity index (χ0n) is 11.2. The Morgan fingerprint density at radius 1 is 1.05 bits per heavy atom. The zero-order chi connectivity index (χ0) is 13.8. The Labute approximate surface area is 119 Å². The number of aliphatic hydroxyl groups is 1. The fourth-order valence-electron chi connectivity index (χ4n) is 2.13. The van der Waals surface area contributed by atoms with E-state index in [1.807, 2.05) is 67.5 Å². The van der Waals surface area contributed by atoms with Gasteiger partial charge in [0.25, 0.3) is 0 Å². The lowest BCUT2D eigenvalue weighted by Gasteiger charge is -2.19. The average molecular weight is 276 g/mol. The van der Waals surface area contributed by atoms with E-state index in [1.54, 1.807) is 0 Å². The molecule has 19 heavy (non-hydrogen) atoms. The van der Waals surface area contributed by atoms with Crippen molar-refractivity contribution in [2.75, 3.05) is 14.1 Å². The van der Waals surface area contributed by atoms with E-state index in [0.717, 1.165) is 16.7 Å². The monoisotopic (exact) mass is 275 g/mol. The Hall–Kier alpha value is -1.35. The van der Waals surface area contributed by atoms with Crippen LogP contribution in [0.3, 0.4) is 0 Å². The summed E-state index contributed by atoms with van der Waals surface area (Å²) in [6, 6.07) is 15.3. The highest BCUT2D eigenvalue weighted by molar-refractivity contribution is 6.31. The minimum absolute atomic E-state index is 0.644. The lowest BCUT2D eigenvalue weighted by molar-refractivity contribution is 0.217. The number of nitrogens with zero attached hydrogens (tertiary/aromatic N) is 1. The van der Waals surface area contributed by atoms with Crippen LogP contribution in [0, 0.1) is 0 Å². The topological polar surface area (TPSA) is 23.5 Å². The third-order valence-electron chi connectivity index (χ3n) is 3.04. The number of halogens is 1. The predicted octanol–water partition coefficient (Wildman–Crippen LogP) is 3.48. The average Bonchev–Trinajstić information content (AvgIpc) is 2.41. The number of aliphatic hydroxyl groups excluding tert-OH is 1. The van der Waals surface area contributed by atoms with Crippen molar-refractivity contribution in [3.8, 4) is 0 Å². The van der Waals surface area contributed by atoms with E-state index < -0.39 is 6.10 Å². The largest absolute Gasteiger partial charge is 0.384 e. The second kappa shape index (κ2) is 6.20. The maximum absolute atomic E-state index is 10.5. The first-order valence-corrected chi connectivity index (χ1v) is 6.62. The summed E-state index contributed by atoms with van der Waals surface area (Å²) in [5.41, 5.74) is 2.72. The molecule has 0 aliphatic carbocycles. The Morgan fingerprint density at radius 2 is 1.74 bits per heavy atom. The van der Waals surface area contributed by atoms with Gasteiger partial charge in [0, 0.05) is 11.6 Å². The van der Waals surface area contributed by atoms with Crippen LogP contribution in [0.15, 0.2) is 48.5 Å². The van der Waals surface area contributed by atoms with Gasteiger partial charge in [-0.05, 0) is 36.9 Å². The molecule has 2 aromatic carbocycles. The highest BCUT2D eigenvalue weighted by Crippen LogP contribution is 2.29. The highest BCUT2D eigenvalue weighted by atomic mass is 35.5. The molecular weight excluding hydrogens is 258 g/mol. The van der Waals surface area contributed by atoms with Gasteiger partial charge in [-0.15, -0.1) is 0 Å². The van der Waals surface area contributed by atoms with Crippen LogP contribution < -0.4 is 0 Å². The number of benzene rings is 2. The minimum atomic E-state index is -0.644. The zero-order valence-corrected chi connectivity index (χ0v) is 11.9. The summed E-state index contributed by atoms with van der Waals surface area (Å²) in [6.45, 7) is 0.707. The van der Waals surface area contributed by atoms with Gasteiger partial charge >= 0.3 is 0 Å². The molecule has 0 radical (unpaired) electrons. The third kappa shape index (κ3) is 3.35. The van der Waals surface area contributed by atoms with Crippen LogP contribution in [0.4, 0.5) is 0 Å². The molecule has 2 rings (SSSR count). The van der Waals surface area contributed by atoms with E-state index in [4.69, 9.17) is 11.6 Å².